The van der Waals surface area contributed by atoms with Crippen molar-refractivity contribution in [3.63, 3.8) is 0 Å². The van der Waals surface area contributed by atoms with Gasteiger partial charge in [0.05, 0.1) is 19.5 Å². The van der Waals surface area contributed by atoms with Crippen molar-refractivity contribution in [1.82, 2.24) is 15.1 Å². The Kier molecular flexibility index (Phi) is 10.6. The van der Waals surface area contributed by atoms with Crippen LogP contribution in [0.4, 0.5) is 0 Å². The van der Waals surface area contributed by atoms with Gasteiger partial charge in [-0.25, -0.2) is 0 Å². The van der Waals surface area contributed by atoms with Crippen molar-refractivity contribution in [2.45, 2.75) is 20.3 Å². The van der Waals surface area contributed by atoms with Gasteiger partial charge >= 0.3 is 0 Å². The van der Waals surface area contributed by atoms with E-state index >= 15 is 0 Å². The van der Waals surface area contributed by atoms with E-state index in [0.29, 0.717) is 32.1 Å². The Hall–Kier alpha value is -2.43. The topological polar surface area (TPSA) is 79.5 Å². The molecule has 1 saturated heterocycles. The van der Waals surface area contributed by atoms with E-state index in [2.05, 4.69) is 21.3 Å². The van der Waals surface area contributed by atoms with E-state index in [-0.39, 0.29) is 29.9 Å². The number of halogens is 1. The molecular formula is C23H33IN4O4. The number of rotatable bonds is 8. The number of piperazine rings is 1. The second-order valence-corrected chi connectivity index (χ2v) is 7.13. The summed E-state index contributed by atoms with van der Waals surface area (Å²) in [5.74, 6) is 2.73. The quantitative estimate of drug-likeness (QED) is 0.306. The average molecular weight is 556 g/mol. The van der Waals surface area contributed by atoms with Crippen LogP contribution >= 0.6 is 24.0 Å². The second kappa shape index (κ2) is 13.2. The van der Waals surface area contributed by atoms with Gasteiger partial charge in [0.2, 0.25) is 0 Å². The summed E-state index contributed by atoms with van der Waals surface area (Å²) in [4.78, 5) is 20.8. The smallest absolute Gasteiger partial charge is 0.289 e. The van der Waals surface area contributed by atoms with Crippen molar-refractivity contribution in [1.29, 1.82) is 0 Å². The van der Waals surface area contributed by atoms with Crippen molar-refractivity contribution in [2.24, 2.45) is 4.99 Å². The number of hydrogen-bond acceptors (Lipinski definition) is 5. The Labute approximate surface area is 207 Å². The monoisotopic (exact) mass is 556 g/mol. The molecule has 0 saturated carbocycles. The maximum absolute atomic E-state index is 12.4. The molecular weight excluding hydrogens is 523 g/mol. The molecule has 1 aromatic carbocycles. The SMILES string of the molecule is CCOc1ccc(CCNC(=NC)N2CCN(C(=O)c3ccco3)CC2)cc1OCC.I. The van der Waals surface area contributed by atoms with Gasteiger partial charge in [0.15, 0.2) is 23.2 Å². The summed E-state index contributed by atoms with van der Waals surface area (Å²) >= 11 is 0. The van der Waals surface area contributed by atoms with Gasteiger partial charge in [0, 0.05) is 39.8 Å². The highest BCUT2D eigenvalue weighted by Crippen LogP contribution is 2.28. The largest absolute Gasteiger partial charge is 0.490 e. The predicted octanol–water partition coefficient (Wildman–Crippen LogP) is 3.27. The van der Waals surface area contributed by atoms with E-state index in [4.69, 9.17) is 13.9 Å². The van der Waals surface area contributed by atoms with E-state index < -0.39 is 0 Å². The van der Waals surface area contributed by atoms with E-state index in [0.717, 1.165) is 43.5 Å². The summed E-state index contributed by atoms with van der Waals surface area (Å²) in [6.45, 7) is 8.61. The van der Waals surface area contributed by atoms with Gasteiger partial charge in [-0.05, 0) is 50.1 Å². The zero-order chi connectivity index (χ0) is 22.1. The number of nitrogens with zero attached hydrogens (tertiary/aromatic N) is 3. The first kappa shape index (κ1) is 25.8. The molecule has 0 aliphatic carbocycles. The normalized spacial score (nSPS) is 14.0. The molecule has 0 unspecified atom stereocenters. The Morgan fingerprint density at radius 3 is 2.38 bits per heavy atom. The molecule has 0 bridgehead atoms. The highest BCUT2D eigenvalue weighted by molar-refractivity contribution is 14.0. The molecule has 0 radical (unpaired) electrons. The molecule has 1 fully saturated rings. The van der Waals surface area contributed by atoms with E-state index in [1.807, 2.05) is 30.9 Å². The number of nitrogens with one attached hydrogen (secondary N) is 1. The number of ether oxygens (including phenoxy) is 2. The Balaban J connectivity index is 0.00000363. The fraction of sp³-hybridized carbons (Fsp3) is 0.478. The van der Waals surface area contributed by atoms with Gasteiger partial charge in [-0.1, -0.05) is 6.07 Å². The van der Waals surface area contributed by atoms with Gasteiger partial charge in [-0.3, -0.25) is 9.79 Å². The van der Waals surface area contributed by atoms with Gasteiger partial charge in [-0.2, -0.15) is 0 Å². The van der Waals surface area contributed by atoms with Crippen molar-refractivity contribution in [2.75, 3.05) is 53.0 Å². The molecule has 9 heteroatoms. The Bertz CT molecular complexity index is 865. The minimum Gasteiger partial charge on any atom is -0.490 e. The molecule has 3 rings (SSSR count). The average Bonchev–Trinajstić information content (AvgIpc) is 3.33. The van der Waals surface area contributed by atoms with E-state index in [1.165, 1.54) is 11.8 Å². The van der Waals surface area contributed by atoms with Crippen LogP contribution in [0.2, 0.25) is 0 Å². The molecule has 1 N–H and O–H groups in total. The van der Waals surface area contributed by atoms with Gasteiger partial charge in [-0.15, -0.1) is 24.0 Å². The molecule has 0 spiro atoms. The van der Waals surface area contributed by atoms with Crippen LogP contribution in [0.15, 0.2) is 46.0 Å². The van der Waals surface area contributed by atoms with E-state index in [1.54, 1.807) is 19.2 Å². The highest BCUT2D eigenvalue weighted by atomic mass is 127. The third kappa shape index (κ3) is 6.78. The van der Waals surface area contributed by atoms with Crippen molar-refractivity contribution in [3.8, 4) is 11.5 Å². The predicted molar refractivity (Wildman–Crippen MR) is 135 cm³/mol. The fourth-order valence-electron chi connectivity index (χ4n) is 3.58. The number of hydrogen-bond donors (Lipinski definition) is 1. The summed E-state index contributed by atoms with van der Waals surface area (Å²) in [6.07, 6.45) is 2.36. The lowest BCUT2D eigenvalue weighted by atomic mass is 10.1. The summed E-state index contributed by atoms with van der Waals surface area (Å²) in [5, 5.41) is 3.43. The number of benzene rings is 1. The van der Waals surface area contributed by atoms with Crippen LogP contribution < -0.4 is 14.8 Å². The van der Waals surface area contributed by atoms with Crippen LogP contribution in [0.1, 0.15) is 30.0 Å². The molecule has 0 atom stereocenters. The minimum atomic E-state index is -0.0619. The number of aliphatic imine (C=N–C) groups is 1. The number of carbonyl (C=O) groups is 1. The maximum atomic E-state index is 12.4. The van der Waals surface area contributed by atoms with Gasteiger partial charge < -0.3 is 29.0 Å². The summed E-state index contributed by atoms with van der Waals surface area (Å²) in [5.41, 5.74) is 1.17. The Morgan fingerprint density at radius 1 is 1.06 bits per heavy atom. The third-order valence-electron chi connectivity index (χ3n) is 5.11. The summed E-state index contributed by atoms with van der Waals surface area (Å²) in [7, 11) is 1.78. The maximum Gasteiger partial charge on any atom is 0.289 e. The van der Waals surface area contributed by atoms with Crippen LogP contribution in [-0.2, 0) is 6.42 Å². The fourth-order valence-corrected chi connectivity index (χ4v) is 3.58. The number of amides is 1. The standard InChI is InChI=1S/C23H32N4O4.HI/c1-4-29-19-9-8-18(17-21(19)30-5-2)10-11-25-23(24-3)27-14-12-26(13-15-27)22(28)20-7-6-16-31-20;/h6-9,16-17H,4-5,10-15H2,1-3H3,(H,24,25);1H. The molecule has 2 heterocycles. The summed E-state index contributed by atoms with van der Waals surface area (Å²) in [6, 6.07) is 9.51. The first-order valence-corrected chi connectivity index (χ1v) is 10.8. The van der Waals surface area contributed by atoms with Crippen molar-refractivity contribution < 1.29 is 18.7 Å². The van der Waals surface area contributed by atoms with Gasteiger partial charge in [0.1, 0.15) is 0 Å². The molecule has 1 amide bonds. The zero-order valence-electron chi connectivity index (χ0n) is 19.0. The lowest BCUT2D eigenvalue weighted by Crippen LogP contribution is -2.54. The highest BCUT2D eigenvalue weighted by Gasteiger charge is 2.25. The molecule has 1 aromatic heterocycles. The lowest BCUT2D eigenvalue weighted by Gasteiger charge is -2.36. The first-order valence-electron chi connectivity index (χ1n) is 10.8. The minimum absolute atomic E-state index is 0. The molecule has 176 valence electrons. The van der Waals surface area contributed by atoms with Gasteiger partial charge in [0.25, 0.3) is 5.91 Å². The molecule has 1 aliphatic heterocycles. The second-order valence-electron chi connectivity index (χ2n) is 7.13. The molecule has 8 nitrogen and oxygen atoms in total. The van der Waals surface area contributed by atoms with Crippen molar-refractivity contribution in [3.05, 3.63) is 47.9 Å². The lowest BCUT2D eigenvalue weighted by molar-refractivity contribution is 0.0658. The molecule has 2 aromatic rings. The van der Waals surface area contributed by atoms with Crippen LogP contribution in [-0.4, -0.2) is 74.7 Å². The number of carbonyl (C=O) groups excluding carboxylic acids is 1. The van der Waals surface area contributed by atoms with Crippen LogP contribution in [0.25, 0.3) is 0 Å². The third-order valence-corrected chi connectivity index (χ3v) is 5.11. The number of guanidine groups is 1. The summed E-state index contributed by atoms with van der Waals surface area (Å²) < 4.78 is 16.6. The van der Waals surface area contributed by atoms with E-state index in [9.17, 15) is 4.79 Å². The molecule has 32 heavy (non-hydrogen) atoms. The van der Waals surface area contributed by atoms with Crippen molar-refractivity contribution >= 4 is 35.8 Å². The zero-order valence-corrected chi connectivity index (χ0v) is 21.3. The number of furan rings is 1. The van der Waals surface area contributed by atoms with Crippen LogP contribution in [0.5, 0.6) is 11.5 Å². The first-order chi connectivity index (χ1) is 15.2. The van der Waals surface area contributed by atoms with Crippen LogP contribution in [0.3, 0.4) is 0 Å². The van der Waals surface area contributed by atoms with Crippen LogP contribution in [0, 0.1) is 0 Å². The Morgan fingerprint density at radius 2 is 1.75 bits per heavy atom. The molecule has 1 aliphatic rings.